The lowest BCUT2D eigenvalue weighted by molar-refractivity contribution is 0.263. The molecule has 3 heterocycles. The number of aryl methyl sites for hydroxylation is 2. The summed E-state index contributed by atoms with van der Waals surface area (Å²) < 4.78 is 38.7. The number of aromatic nitrogens is 2. The summed E-state index contributed by atoms with van der Waals surface area (Å²) >= 11 is 0. The number of allylic oxidation sites excluding steroid dienone is 4. The van der Waals surface area contributed by atoms with Crippen LogP contribution in [0.2, 0.25) is 0 Å². The van der Waals surface area contributed by atoms with Crippen LogP contribution in [0.25, 0.3) is 5.57 Å². The number of rotatable bonds is 9. The van der Waals surface area contributed by atoms with Crippen LogP contribution in [0.15, 0.2) is 61.8 Å². The fourth-order valence-electron chi connectivity index (χ4n) is 4.93. The first kappa shape index (κ1) is 27.4. The number of aromatic hydroxyl groups is 1. The molecular formula is C28H33N3O6S. The molecule has 2 aliphatic rings. The minimum Gasteiger partial charge on any atom is -0.506 e. The lowest BCUT2D eigenvalue weighted by Crippen LogP contribution is -2.23. The minimum absolute atomic E-state index is 0.123. The number of methoxy groups -OCH3 is 2. The molecule has 10 heteroatoms. The Morgan fingerprint density at radius 1 is 1.21 bits per heavy atom. The molecule has 2 aromatic rings. The highest BCUT2D eigenvalue weighted by atomic mass is 32.2. The van der Waals surface area contributed by atoms with E-state index >= 15 is 0 Å². The van der Waals surface area contributed by atoms with Gasteiger partial charge in [0.25, 0.3) is 5.56 Å². The first-order valence-corrected chi connectivity index (χ1v) is 14.1. The zero-order valence-electron chi connectivity index (χ0n) is 22.1. The second kappa shape index (κ2) is 11.4. The number of nitrogens with one attached hydrogen (secondary N) is 1. The van der Waals surface area contributed by atoms with Crippen LogP contribution in [-0.2, 0) is 25.7 Å². The number of unbranched alkanes of at least 4 members (excludes halogenated alkanes) is 1. The van der Waals surface area contributed by atoms with Gasteiger partial charge in [-0.15, -0.1) is 0 Å². The molecule has 1 unspecified atom stereocenters. The van der Waals surface area contributed by atoms with Crippen LogP contribution in [0.3, 0.4) is 0 Å². The van der Waals surface area contributed by atoms with E-state index in [0.29, 0.717) is 48.5 Å². The summed E-state index contributed by atoms with van der Waals surface area (Å²) in [4.78, 5) is 23.5. The highest BCUT2D eigenvalue weighted by Gasteiger charge is 2.35. The van der Waals surface area contributed by atoms with Crippen LogP contribution in [-0.4, -0.2) is 43.9 Å². The predicted octanol–water partition coefficient (Wildman–Crippen LogP) is 4.68. The molecule has 0 amide bonds. The van der Waals surface area contributed by atoms with Gasteiger partial charge >= 0.3 is 0 Å². The Hall–Kier alpha value is -3.66. The maximum Gasteiger partial charge on any atom is 0.271 e. The van der Waals surface area contributed by atoms with Crippen molar-refractivity contribution in [2.24, 2.45) is 4.99 Å². The van der Waals surface area contributed by atoms with Crippen LogP contribution in [0.4, 0.5) is 0 Å². The summed E-state index contributed by atoms with van der Waals surface area (Å²) in [7, 11) is -1.44. The summed E-state index contributed by atoms with van der Waals surface area (Å²) in [6, 6.07) is 1.88. The average Bonchev–Trinajstić information content (AvgIpc) is 2.91. The Kier molecular flexibility index (Phi) is 8.20. The summed E-state index contributed by atoms with van der Waals surface area (Å²) in [6.45, 7) is 3.94. The minimum atomic E-state index is -4.45. The summed E-state index contributed by atoms with van der Waals surface area (Å²) in [5.41, 5.74) is 2.14. The average molecular weight is 540 g/mol. The second-order valence-electron chi connectivity index (χ2n) is 9.30. The topological polar surface area (TPSA) is 131 Å². The zero-order valence-corrected chi connectivity index (χ0v) is 22.9. The summed E-state index contributed by atoms with van der Waals surface area (Å²) in [5, 5.41) is 11.2. The molecule has 0 radical (unpaired) electrons. The summed E-state index contributed by atoms with van der Waals surface area (Å²) in [5.74, 6) is 0.236. The first-order chi connectivity index (χ1) is 18.2. The van der Waals surface area contributed by atoms with E-state index in [2.05, 4.69) is 15.0 Å². The van der Waals surface area contributed by atoms with Gasteiger partial charge in [-0.1, -0.05) is 13.3 Å². The lowest BCUT2D eigenvalue weighted by atomic mass is 9.92. The Bertz CT molecular complexity index is 1520. The van der Waals surface area contributed by atoms with Crippen molar-refractivity contribution < 1.29 is 23.0 Å². The first-order valence-electron chi connectivity index (χ1n) is 12.6. The van der Waals surface area contributed by atoms with Crippen molar-refractivity contribution in [2.75, 3.05) is 14.2 Å². The van der Waals surface area contributed by atoms with Gasteiger partial charge in [-0.2, -0.15) is 0 Å². The number of hydrogen-bond acceptors (Lipinski definition) is 8. The van der Waals surface area contributed by atoms with Crippen molar-refractivity contribution in [3.63, 3.8) is 0 Å². The van der Waals surface area contributed by atoms with E-state index in [9.17, 15) is 18.3 Å². The largest absolute Gasteiger partial charge is 0.506 e. The molecule has 0 bridgehead atoms. The molecule has 2 aromatic heterocycles. The molecule has 0 saturated carbocycles. The van der Waals surface area contributed by atoms with Crippen molar-refractivity contribution >= 4 is 21.6 Å². The number of nitrogens with zero attached hydrogens (tertiary/aromatic N) is 2. The van der Waals surface area contributed by atoms with Gasteiger partial charge in [-0.05, 0) is 62.0 Å². The van der Waals surface area contributed by atoms with E-state index in [-0.39, 0.29) is 16.5 Å². The Morgan fingerprint density at radius 2 is 2.00 bits per heavy atom. The van der Waals surface area contributed by atoms with Crippen molar-refractivity contribution in [1.82, 2.24) is 9.97 Å². The standard InChI is InChI=1S/C28H33N3O6S/c1-5-6-8-20-24(25-21(36-3)9-7-10-22(25)37-4)26(32)27(28(33)31-20)38(34,35)23-12-11-18(16-30-23)19-13-14-29-15-17(19)2/h9,12-16,18H,5-8,10-11H2,1-4H3,(H2,31,32,33). The fourth-order valence-corrected chi connectivity index (χ4v) is 6.30. The molecule has 0 saturated heterocycles. The lowest BCUT2D eigenvalue weighted by Gasteiger charge is -2.24. The van der Waals surface area contributed by atoms with Crippen molar-refractivity contribution in [3.8, 4) is 5.75 Å². The zero-order chi connectivity index (χ0) is 27.4. The third-order valence-electron chi connectivity index (χ3n) is 6.88. The van der Waals surface area contributed by atoms with Crippen molar-refractivity contribution in [1.29, 1.82) is 0 Å². The van der Waals surface area contributed by atoms with Crippen molar-refractivity contribution in [2.45, 2.75) is 63.2 Å². The van der Waals surface area contributed by atoms with Gasteiger partial charge in [0.15, 0.2) is 9.92 Å². The van der Waals surface area contributed by atoms with Gasteiger partial charge in [0.1, 0.15) is 17.3 Å². The van der Waals surface area contributed by atoms with Gasteiger partial charge in [0.05, 0.1) is 25.4 Å². The maximum atomic E-state index is 13.7. The smallest absolute Gasteiger partial charge is 0.271 e. The molecule has 9 nitrogen and oxygen atoms in total. The van der Waals surface area contributed by atoms with Gasteiger partial charge in [0, 0.05) is 36.6 Å². The number of ether oxygens (including phenoxy) is 2. The Labute approximate surface area is 222 Å². The fraction of sp³-hybridized carbons (Fsp3) is 0.393. The quantitative estimate of drug-likeness (QED) is 0.473. The van der Waals surface area contributed by atoms with Crippen LogP contribution in [0.5, 0.6) is 5.75 Å². The van der Waals surface area contributed by atoms with Gasteiger partial charge in [-0.3, -0.25) is 9.78 Å². The SMILES string of the molecule is CCCCc1[nH]c(=O)c(S(=O)(=O)C2=CCC(c3ccncc3C)C=N2)c(O)c1C1=C(OC)CCC=C1OC. The highest BCUT2D eigenvalue weighted by Crippen LogP contribution is 2.42. The Balaban J connectivity index is 1.85. The maximum absolute atomic E-state index is 13.7. The molecule has 2 N–H and O–H groups in total. The van der Waals surface area contributed by atoms with E-state index < -0.39 is 26.0 Å². The molecular weight excluding hydrogens is 506 g/mol. The summed E-state index contributed by atoms with van der Waals surface area (Å²) in [6.07, 6.45) is 11.9. The number of pyridine rings is 2. The predicted molar refractivity (Wildman–Crippen MR) is 146 cm³/mol. The van der Waals surface area contributed by atoms with Crippen LogP contribution < -0.4 is 5.56 Å². The van der Waals surface area contributed by atoms with Gasteiger partial charge < -0.3 is 19.6 Å². The molecule has 1 aliphatic carbocycles. The molecule has 38 heavy (non-hydrogen) atoms. The highest BCUT2D eigenvalue weighted by molar-refractivity contribution is 7.95. The number of hydrogen-bond donors (Lipinski definition) is 2. The normalized spacial score (nSPS) is 17.7. The van der Waals surface area contributed by atoms with Crippen LogP contribution in [0, 0.1) is 6.92 Å². The van der Waals surface area contributed by atoms with E-state index in [1.165, 1.54) is 20.3 Å². The van der Waals surface area contributed by atoms with E-state index in [1.54, 1.807) is 18.6 Å². The molecule has 0 fully saturated rings. The van der Waals surface area contributed by atoms with Crippen molar-refractivity contribution in [3.05, 3.63) is 79.9 Å². The third-order valence-corrected chi connectivity index (χ3v) is 8.62. The van der Waals surface area contributed by atoms with E-state index in [4.69, 9.17) is 9.47 Å². The van der Waals surface area contributed by atoms with Gasteiger partial charge in [0.2, 0.25) is 9.84 Å². The molecule has 4 rings (SSSR count). The van der Waals surface area contributed by atoms with E-state index in [0.717, 1.165) is 24.0 Å². The second-order valence-corrected chi connectivity index (χ2v) is 11.1. The number of H-pyrrole nitrogens is 1. The third kappa shape index (κ3) is 5.05. The number of sulfone groups is 1. The number of aromatic amines is 1. The molecule has 0 aromatic carbocycles. The Morgan fingerprint density at radius 3 is 2.63 bits per heavy atom. The molecule has 202 valence electrons. The van der Waals surface area contributed by atoms with Crippen LogP contribution >= 0.6 is 0 Å². The number of aliphatic imine (C=N–C) groups is 1. The molecule has 1 aliphatic heterocycles. The molecule has 1 atom stereocenters. The van der Waals surface area contributed by atoms with E-state index in [1.807, 2.05) is 26.0 Å². The molecule has 0 spiro atoms. The van der Waals surface area contributed by atoms with Gasteiger partial charge in [-0.25, -0.2) is 13.4 Å². The van der Waals surface area contributed by atoms with Crippen LogP contribution in [0.1, 0.15) is 67.3 Å². The monoisotopic (exact) mass is 539 g/mol.